The zero-order chi connectivity index (χ0) is 24.4. The molecule has 0 aromatic heterocycles. The van der Waals surface area contributed by atoms with Gasteiger partial charge in [0.05, 0.1) is 0 Å². The lowest BCUT2D eigenvalue weighted by atomic mass is 9.68. The second-order valence-electron chi connectivity index (χ2n) is 14.7. The molecule has 0 saturated heterocycles. The SMILES string of the molecule is C1=CC2C3C4=C1C1=C5C4=c4c6c7c8c9c(c%10c8c8c(c%11ccc%12c%13c(c4c7c8c%11%13)C5C%12C=C1)CC%10)C=CC2C9C=63. The smallest absolute Gasteiger partial charge is 0.0218 e. The van der Waals surface area contributed by atoms with Gasteiger partial charge in [0.15, 0.2) is 0 Å². The van der Waals surface area contributed by atoms with Crippen LogP contribution in [-0.4, -0.2) is 0 Å². The van der Waals surface area contributed by atoms with Crippen LogP contribution >= 0.6 is 0 Å². The molecule has 0 amide bonds. The van der Waals surface area contributed by atoms with Gasteiger partial charge >= 0.3 is 0 Å². The molecule has 16 rings (SSSR count). The summed E-state index contributed by atoms with van der Waals surface area (Å²) < 4.78 is 0. The quantitative estimate of drug-likeness (QED) is 0.196. The Labute approximate surface area is 227 Å². The third kappa shape index (κ3) is 1.12. The Morgan fingerprint density at radius 3 is 2.33 bits per heavy atom. The topological polar surface area (TPSA) is 0 Å². The third-order valence-electron chi connectivity index (χ3n) is 14.2. The fourth-order valence-electron chi connectivity index (χ4n) is 13.6. The van der Waals surface area contributed by atoms with Crippen molar-refractivity contribution in [3.8, 4) is 0 Å². The first-order valence-electron chi connectivity index (χ1n) is 15.6. The van der Waals surface area contributed by atoms with E-state index in [-0.39, 0.29) is 0 Å². The highest BCUT2D eigenvalue weighted by Gasteiger charge is 2.59. The van der Waals surface area contributed by atoms with Gasteiger partial charge in [0.25, 0.3) is 0 Å². The number of hydrogen-bond donors (Lipinski definition) is 0. The number of rotatable bonds is 0. The first-order valence-corrected chi connectivity index (χ1v) is 15.6. The molecule has 0 heteroatoms. The molecule has 0 aliphatic heterocycles. The summed E-state index contributed by atoms with van der Waals surface area (Å²) in [6, 6.07) is 5.11. The average Bonchev–Trinajstić information content (AvgIpc) is 3.79. The number of hydrogen-bond acceptors (Lipinski definition) is 0. The van der Waals surface area contributed by atoms with Gasteiger partial charge in [-0.05, 0) is 156 Å². The van der Waals surface area contributed by atoms with E-state index in [4.69, 9.17) is 0 Å². The molecule has 0 spiro atoms. The molecule has 10 aliphatic rings. The van der Waals surface area contributed by atoms with Gasteiger partial charge in [-0.1, -0.05) is 48.6 Å². The Kier molecular flexibility index (Phi) is 1.83. The van der Waals surface area contributed by atoms with E-state index in [0.717, 1.165) is 0 Å². The second kappa shape index (κ2) is 4.34. The maximum atomic E-state index is 2.67. The summed E-state index contributed by atoms with van der Waals surface area (Å²) in [5.74, 6) is 3.36. The highest BCUT2D eigenvalue weighted by atomic mass is 14.6. The molecule has 1 fully saturated rings. The fraction of sp³-hybridized carbons (Fsp3) is 0.200. The molecule has 6 atom stereocenters. The van der Waals surface area contributed by atoms with Crippen LogP contribution in [0.4, 0.5) is 0 Å². The van der Waals surface area contributed by atoms with Gasteiger partial charge < -0.3 is 0 Å². The van der Waals surface area contributed by atoms with E-state index in [1.165, 1.54) is 12.8 Å². The molecule has 10 aliphatic carbocycles. The fourth-order valence-corrected chi connectivity index (χ4v) is 13.6. The Balaban J connectivity index is 1.43. The van der Waals surface area contributed by atoms with Gasteiger partial charge in [-0.15, -0.1) is 0 Å². The Hall–Kier alpha value is -4.16. The van der Waals surface area contributed by atoms with E-state index in [0.29, 0.717) is 35.5 Å². The molecule has 178 valence electrons. The van der Waals surface area contributed by atoms with Crippen LogP contribution in [0.25, 0.3) is 71.1 Å². The molecule has 0 heterocycles. The lowest BCUT2D eigenvalue weighted by Gasteiger charge is -2.34. The van der Waals surface area contributed by atoms with Crippen molar-refractivity contribution in [3.63, 3.8) is 0 Å². The largest absolute Gasteiger partial charge is 0.0792 e. The lowest BCUT2D eigenvalue weighted by Crippen LogP contribution is -2.39. The van der Waals surface area contributed by atoms with E-state index in [2.05, 4.69) is 48.6 Å². The molecule has 0 N–H and O–H groups in total. The number of aryl methyl sites for hydroxylation is 2. The van der Waals surface area contributed by atoms with Crippen LogP contribution in [0.3, 0.4) is 0 Å². The number of benzene rings is 3. The van der Waals surface area contributed by atoms with Crippen LogP contribution < -0.4 is 10.4 Å². The Bertz CT molecular complexity index is 2870. The monoisotopic (exact) mass is 498 g/mol. The van der Waals surface area contributed by atoms with Crippen LogP contribution in [0.5, 0.6) is 0 Å². The summed E-state index contributed by atoms with van der Waals surface area (Å²) in [5, 5.41) is 20.2. The van der Waals surface area contributed by atoms with Crippen LogP contribution in [0.2, 0.25) is 0 Å². The van der Waals surface area contributed by atoms with Crippen molar-refractivity contribution in [1.82, 2.24) is 0 Å². The summed E-state index contributed by atoms with van der Waals surface area (Å²) in [6.07, 6.45) is 18.1. The average molecular weight is 499 g/mol. The van der Waals surface area contributed by atoms with E-state index in [1.807, 2.05) is 5.57 Å². The molecule has 40 heavy (non-hydrogen) atoms. The maximum absolute atomic E-state index is 2.67. The number of fused-ring (bicyclic) bond motifs is 5. The standard InChI is InChI=1S/C40H18/c1-2-12-14-5-6-16-18-9-10-20-19-8-7-17-15-4-3-13-11(1)21-22(12)32-24(14)26(16)34-29(18)30(20)35-28(19)27(17)33-25(15)23(13)31(21)36-37(32)39(34)40(35)38(33)36/h1-8,12,14-15,22,24-25H,9-10H2. The zero-order valence-corrected chi connectivity index (χ0v) is 21.5. The maximum Gasteiger partial charge on any atom is 0.0218 e. The van der Waals surface area contributed by atoms with Gasteiger partial charge in [0, 0.05) is 23.7 Å². The molecule has 6 aromatic rings. The molecule has 0 nitrogen and oxygen atoms in total. The van der Waals surface area contributed by atoms with E-state index in [1.54, 1.807) is 126 Å². The van der Waals surface area contributed by atoms with Crippen molar-refractivity contribution in [2.24, 2.45) is 17.8 Å². The van der Waals surface area contributed by atoms with Crippen molar-refractivity contribution in [1.29, 1.82) is 0 Å². The summed E-state index contributed by atoms with van der Waals surface area (Å²) in [7, 11) is 0. The molecular weight excluding hydrogens is 480 g/mol. The summed E-state index contributed by atoms with van der Waals surface area (Å²) >= 11 is 0. The van der Waals surface area contributed by atoms with E-state index < -0.39 is 0 Å². The number of allylic oxidation sites excluding steroid dienone is 9. The second-order valence-corrected chi connectivity index (χ2v) is 14.7. The van der Waals surface area contributed by atoms with Crippen LogP contribution in [0.1, 0.15) is 51.1 Å². The van der Waals surface area contributed by atoms with Crippen molar-refractivity contribution < 1.29 is 0 Å². The van der Waals surface area contributed by atoms with Crippen molar-refractivity contribution >= 4 is 71.1 Å². The van der Waals surface area contributed by atoms with E-state index in [9.17, 15) is 0 Å². The molecule has 0 bridgehead atoms. The summed E-state index contributed by atoms with van der Waals surface area (Å²) in [5.41, 5.74) is 20.3. The highest BCUT2D eigenvalue weighted by molar-refractivity contribution is 6.46. The Morgan fingerprint density at radius 1 is 0.550 bits per heavy atom. The molecular formula is C40H18. The predicted octanol–water partition coefficient (Wildman–Crippen LogP) is 7.11. The van der Waals surface area contributed by atoms with Crippen molar-refractivity contribution in [3.05, 3.63) is 109 Å². The van der Waals surface area contributed by atoms with Crippen molar-refractivity contribution in [2.75, 3.05) is 0 Å². The molecule has 6 aromatic carbocycles. The minimum atomic E-state index is 0.494. The highest BCUT2D eigenvalue weighted by Crippen LogP contribution is 2.72. The predicted molar refractivity (Wildman–Crippen MR) is 161 cm³/mol. The minimum Gasteiger partial charge on any atom is -0.0792 e. The molecule has 6 unspecified atom stereocenters. The summed E-state index contributed by atoms with van der Waals surface area (Å²) in [4.78, 5) is 0. The zero-order valence-electron chi connectivity index (χ0n) is 21.5. The van der Waals surface area contributed by atoms with Gasteiger partial charge in [0.1, 0.15) is 0 Å². The van der Waals surface area contributed by atoms with Crippen LogP contribution in [0.15, 0.2) is 64.8 Å². The molecule has 1 saturated carbocycles. The van der Waals surface area contributed by atoms with Gasteiger partial charge in [-0.2, -0.15) is 0 Å². The van der Waals surface area contributed by atoms with Crippen molar-refractivity contribution in [2.45, 2.75) is 30.6 Å². The Morgan fingerprint density at radius 2 is 1.35 bits per heavy atom. The minimum absolute atomic E-state index is 0.494. The van der Waals surface area contributed by atoms with Gasteiger partial charge in [-0.3, -0.25) is 0 Å². The van der Waals surface area contributed by atoms with Gasteiger partial charge in [-0.25, -0.2) is 0 Å². The van der Waals surface area contributed by atoms with Gasteiger partial charge in [0.2, 0.25) is 0 Å². The summed E-state index contributed by atoms with van der Waals surface area (Å²) in [6.45, 7) is 0. The lowest BCUT2D eigenvalue weighted by molar-refractivity contribution is 0.467. The van der Waals surface area contributed by atoms with Crippen LogP contribution in [0, 0.1) is 17.8 Å². The first kappa shape index (κ1) is 16.8. The normalized spacial score (nSPS) is 33.7. The first-order chi connectivity index (χ1) is 19.9. The van der Waals surface area contributed by atoms with E-state index >= 15 is 0 Å². The molecule has 0 radical (unpaired) electrons. The third-order valence-corrected chi connectivity index (χ3v) is 14.2. The van der Waals surface area contributed by atoms with Crippen LogP contribution in [-0.2, 0) is 12.8 Å².